The first-order valence-corrected chi connectivity index (χ1v) is 6.62. The van der Waals surface area contributed by atoms with Crippen LogP contribution in [0.2, 0.25) is 0 Å². The van der Waals surface area contributed by atoms with Gasteiger partial charge in [0, 0.05) is 24.2 Å². The lowest BCUT2D eigenvalue weighted by atomic mass is 10.0. The number of hydrogen-bond donors (Lipinski definition) is 1. The minimum Gasteiger partial charge on any atom is -0.383 e. The molecule has 17 heavy (non-hydrogen) atoms. The van der Waals surface area contributed by atoms with E-state index in [9.17, 15) is 0 Å². The second-order valence-corrected chi connectivity index (χ2v) is 5.07. The minimum absolute atomic E-state index is 0.0792. The second kappa shape index (κ2) is 7.82. The molecule has 1 rings (SSSR count). The summed E-state index contributed by atoms with van der Waals surface area (Å²) in [7, 11) is 3.81. The zero-order chi connectivity index (χ0) is 12.7. The van der Waals surface area contributed by atoms with E-state index in [1.807, 2.05) is 18.2 Å². The van der Waals surface area contributed by atoms with Gasteiger partial charge in [0.15, 0.2) is 0 Å². The van der Waals surface area contributed by atoms with E-state index in [4.69, 9.17) is 10.5 Å². The van der Waals surface area contributed by atoms with Gasteiger partial charge in [0.25, 0.3) is 0 Å². The molecule has 0 amide bonds. The van der Waals surface area contributed by atoms with Gasteiger partial charge in [0.1, 0.15) is 0 Å². The second-order valence-electron chi connectivity index (χ2n) is 4.21. The summed E-state index contributed by atoms with van der Waals surface area (Å²) >= 11 is 3.53. The van der Waals surface area contributed by atoms with Gasteiger partial charge in [-0.15, -0.1) is 0 Å². The fourth-order valence-corrected chi connectivity index (χ4v) is 2.23. The van der Waals surface area contributed by atoms with Crippen LogP contribution in [0.3, 0.4) is 0 Å². The molecule has 0 aliphatic rings. The average molecular weight is 301 g/mol. The number of ether oxygens (including phenoxy) is 1. The predicted octanol–water partition coefficient (Wildman–Crippen LogP) is 2.42. The molecule has 1 unspecified atom stereocenters. The van der Waals surface area contributed by atoms with Gasteiger partial charge in [0.05, 0.1) is 6.61 Å². The summed E-state index contributed by atoms with van der Waals surface area (Å²) in [4.78, 5) is 2.24. The lowest BCUT2D eigenvalue weighted by Crippen LogP contribution is -2.26. The Morgan fingerprint density at radius 2 is 2.06 bits per heavy atom. The van der Waals surface area contributed by atoms with Crippen molar-refractivity contribution in [1.82, 2.24) is 4.90 Å². The van der Waals surface area contributed by atoms with E-state index in [1.165, 1.54) is 5.56 Å². The maximum atomic E-state index is 6.18. The zero-order valence-electron chi connectivity index (χ0n) is 10.5. The van der Waals surface area contributed by atoms with Crippen molar-refractivity contribution in [3.63, 3.8) is 0 Å². The Balaban J connectivity index is 2.39. The first-order chi connectivity index (χ1) is 8.15. The predicted molar refractivity (Wildman–Crippen MR) is 75.1 cm³/mol. The molecule has 0 heterocycles. The van der Waals surface area contributed by atoms with Crippen LogP contribution in [0.1, 0.15) is 18.0 Å². The number of rotatable bonds is 7. The van der Waals surface area contributed by atoms with Crippen LogP contribution in [0.15, 0.2) is 28.7 Å². The number of halogens is 1. The molecule has 0 aliphatic carbocycles. The monoisotopic (exact) mass is 300 g/mol. The number of hydrogen-bond acceptors (Lipinski definition) is 3. The molecule has 0 radical (unpaired) electrons. The first-order valence-electron chi connectivity index (χ1n) is 5.82. The third-order valence-electron chi connectivity index (χ3n) is 2.80. The fraction of sp³-hybridized carbons (Fsp3) is 0.538. The van der Waals surface area contributed by atoms with Gasteiger partial charge in [0.2, 0.25) is 0 Å². The van der Waals surface area contributed by atoms with E-state index in [1.54, 1.807) is 7.11 Å². The van der Waals surface area contributed by atoms with Crippen molar-refractivity contribution >= 4 is 15.9 Å². The van der Waals surface area contributed by atoms with Crippen molar-refractivity contribution in [3.8, 4) is 0 Å². The van der Waals surface area contributed by atoms with Gasteiger partial charge in [-0.05, 0) is 31.6 Å². The van der Waals surface area contributed by atoms with Crippen LogP contribution < -0.4 is 5.73 Å². The molecule has 0 aromatic heterocycles. The Labute approximate surface area is 112 Å². The van der Waals surface area contributed by atoms with E-state index < -0.39 is 0 Å². The highest BCUT2D eigenvalue weighted by molar-refractivity contribution is 9.10. The molecule has 0 fully saturated rings. The van der Waals surface area contributed by atoms with Crippen LogP contribution in [0.5, 0.6) is 0 Å². The molecule has 1 atom stereocenters. The van der Waals surface area contributed by atoms with E-state index >= 15 is 0 Å². The quantitative estimate of drug-likeness (QED) is 0.840. The Morgan fingerprint density at radius 3 is 2.71 bits per heavy atom. The van der Waals surface area contributed by atoms with E-state index in [-0.39, 0.29) is 6.04 Å². The van der Waals surface area contributed by atoms with Crippen LogP contribution in [-0.2, 0) is 4.74 Å². The number of nitrogens with zero attached hydrogens (tertiary/aromatic N) is 1. The SMILES string of the molecule is COCCN(C)CCC(N)c1ccccc1Br. The summed E-state index contributed by atoms with van der Waals surface area (Å²) in [5, 5.41) is 0. The maximum Gasteiger partial charge on any atom is 0.0589 e. The first kappa shape index (κ1) is 14.6. The standard InChI is InChI=1S/C13H21BrN2O/c1-16(9-10-17-2)8-7-13(15)11-5-3-4-6-12(11)14/h3-6,13H,7-10,15H2,1-2H3. The van der Waals surface area contributed by atoms with Crippen LogP contribution >= 0.6 is 15.9 Å². The highest BCUT2D eigenvalue weighted by atomic mass is 79.9. The van der Waals surface area contributed by atoms with E-state index in [2.05, 4.69) is 33.9 Å². The highest BCUT2D eigenvalue weighted by Crippen LogP contribution is 2.23. The molecule has 1 aromatic carbocycles. The molecule has 4 heteroatoms. The number of methoxy groups -OCH3 is 1. The fourth-order valence-electron chi connectivity index (χ4n) is 1.65. The van der Waals surface area contributed by atoms with Crippen LogP contribution in [0.4, 0.5) is 0 Å². The van der Waals surface area contributed by atoms with Crippen molar-refractivity contribution < 1.29 is 4.74 Å². The van der Waals surface area contributed by atoms with Crippen molar-refractivity contribution in [3.05, 3.63) is 34.3 Å². The van der Waals surface area contributed by atoms with Gasteiger partial charge in [-0.2, -0.15) is 0 Å². The van der Waals surface area contributed by atoms with Gasteiger partial charge < -0.3 is 15.4 Å². The maximum absolute atomic E-state index is 6.18. The normalized spacial score (nSPS) is 13.0. The van der Waals surface area contributed by atoms with Crippen molar-refractivity contribution in [2.75, 3.05) is 33.9 Å². The molecule has 0 spiro atoms. The topological polar surface area (TPSA) is 38.5 Å². The molecule has 0 saturated heterocycles. The Hall–Kier alpha value is -0.420. The highest BCUT2D eigenvalue weighted by Gasteiger charge is 2.10. The summed E-state index contributed by atoms with van der Waals surface area (Å²) in [5.74, 6) is 0. The molecule has 3 nitrogen and oxygen atoms in total. The molecule has 0 bridgehead atoms. The van der Waals surface area contributed by atoms with Crippen LogP contribution in [0.25, 0.3) is 0 Å². The van der Waals surface area contributed by atoms with Crippen molar-refractivity contribution in [1.29, 1.82) is 0 Å². The minimum atomic E-state index is 0.0792. The molecule has 96 valence electrons. The van der Waals surface area contributed by atoms with Crippen molar-refractivity contribution in [2.24, 2.45) is 5.73 Å². The Kier molecular flexibility index (Phi) is 6.73. The van der Waals surface area contributed by atoms with Gasteiger partial charge in [-0.3, -0.25) is 0 Å². The molecule has 2 N–H and O–H groups in total. The summed E-state index contributed by atoms with van der Waals surface area (Å²) in [6, 6.07) is 8.21. The van der Waals surface area contributed by atoms with Gasteiger partial charge >= 0.3 is 0 Å². The molecule has 0 saturated carbocycles. The number of benzene rings is 1. The molecule has 1 aromatic rings. The largest absolute Gasteiger partial charge is 0.383 e. The van der Waals surface area contributed by atoms with E-state index in [0.717, 1.165) is 30.6 Å². The lowest BCUT2D eigenvalue weighted by molar-refractivity contribution is 0.159. The average Bonchev–Trinajstić information content (AvgIpc) is 2.34. The van der Waals surface area contributed by atoms with Gasteiger partial charge in [-0.1, -0.05) is 34.1 Å². The third-order valence-corrected chi connectivity index (χ3v) is 3.53. The summed E-state index contributed by atoms with van der Waals surface area (Å²) in [6.07, 6.45) is 0.947. The number of nitrogens with two attached hydrogens (primary N) is 1. The van der Waals surface area contributed by atoms with Crippen LogP contribution in [-0.4, -0.2) is 38.8 Å². The summed E-state index contributed by atoms with van der Waals surface area (Å²) < 4.78 is 6.13. The van der Waals surface area contributed by atoms with Gasteiger partial charge in [-0.25, -0.2) is 0 Å². The zero-order valence-corrected chi connectivity index (χ0v) is 12.1. The lowest BCUT2D eigenvalue weighted by Gasteiger charge is -2.19. The Bertz CT molecular complexity index is 333. The summed E-state index contributed by atoms with van der Waals surface area (Å²) in [6.45, 7) is 2.69. The third kappa shape index (κ3) is 5.17. The molecular weight excluding hydrogens is 280 g/mol. The van der Waals surface area contributed by atoms with E-state index in [0.29, 0.717) is 0 Å². The molecular formula is C13H21BrN2O. The Morgan fingerprint density at radius 1 is 1.35 bits per heavy atom. The smallest absolute Gasteiger partial charge is 0.0589 e. The molecule has 0 aliphatic heterocycles. The summed E-state index contributed by atoms with van der Waals surface area (Å²) in [5.41, 5.74) is 7.36. The van der Waals surface area contributed by atoms with Crippen LogP contribution in [0, 0.1) is 0 Å². The van der Waals surface area contributed by atoms with Crippen molar-refractivity contribution in [2.45, 2.75) is 12.5 Å². The number of likely N-dealkylation sites (N-methyl/N-ethyl adjacent to an activating group) is 1.